The molecule has 1 saturated heterocycles. The third-order valence-corrected chi connectivity index (χ3v) is 6.59. The summed E-state index contributed by atoms with van der Waals surface area (Å²) >= 11 is 6.91. The molecule has 3 atom stereocenters. The number of nitrogens with one attached hydrogen (secondary N) is 1. The van der Waals surface area contributed by atoms with E-state index >= 15 is 0 Å². The van der Waals surface area contributed by atoms with Crippen LogP contribution < -0.4 is 5.32 Å². The first-order valence-corrected chi connectivity index (χ1v) is 10.6. The van der Waals surface area contributed by atoms with Gasteiger partial charge in [0.2, 0.25) is 0 Å². The maximum atomic E-state index is 14.8. The van der Waals surface area contributed by atoms with Gasteiger partial charge in [0.15, 0.2) is 5.17 Å². The molecular formula is C21H17ClF2N2O3S. The van der Waals surface area contributed by atoms with Crippen molar-refractivity contribution in [3.8, 4) is 0 Å². The summed E-state index contributed by atoms with van der Waals surface area (Å²) in [7, 11) is 0. The summed E-state index contributed by atoms with van der Waals surface area (Å²) in [6.07, 6.45) is -0.570. The molecule has 9 heteroatoms. The molecule has 2 heterocycles. The number of hydrogen-bond acceptors (Lipinski definition) is 5. The lowest BCUT2D eigenvalue weighted by molar-refractivity contribution is -0.131. The third kappa shape index (κ3) is 3.99. The molecule has 1 N–H and O–H groups in total. The first-order chi connectivity index (χ1) is 14.4. The van der Waals surface area contributed by atoms with Crippen molar-refractivity contribution in [3.63, 3.8) is 0 Å². The van der Waals surface area contributed by atoms with Gasteiger partial charge in [-0.05, 0) is 36.2 Å². The van der Waals surface area contributed by atoms with E-state index in [-0.39, 0.29) is 30.4 Å². The van der Waals surface area contributed by atoms with E-state index in [4.69, 9.17) is 16.3 Å². The SMILES string of the molecule is O=C(NC1=NC2(c3ccc(F)cc3F)COC(C(=O)Cl)CC2CS1)c1ccccc1. The highest BCUT2D eigenvalue weighted by atomic mass is 35.5. The van der Waals surface area contributed by atoms with Crippen molar-refractivity contribution in [2.45, 2.75) is 18.1 Å². The van der Waals surface area contributed by atoms with Gasteiger partial charge in [-0.15, -0.1) is 0 Å². The minimum absolute atomic E-state index is 0.116. The van der Waals surface area contributed by atoms with Crippen LogP contribution in [0.25, 0.3) is 0 Å². The van der Waals surface area contributed by atoms with Crippen molar-refractivity contribution in [3.05, 3.63) is 71.3 Å². The van der Waals surface area contributed by atoms with Crippen molar-refractivity contribution >= 4 is 39.7 Å². The molecular weight excluding hydrogens is 434 g/mol. The Bertz CT molecular complexity index is 1020. The van der Waals surface area contributed by atoms with E-state index in [0.717, 1.165) is 12.1 Å². The summed E-state index contributed by atoms with van der Waals surface area (Å²) < 4.78 is 33.9. The lowest BCUT2D eigenvalue weighted by atomic mass is 9.75. The first-order valence-electron chi connectivity index (χ1n) is 9.24. The summed E-state index contributed by atoms with van der Waals surface area (Å²) in [6, 6.07) is 11.9. The van der Waals surface area contributed by atoms with Crippen molar-refractivity contribution < 1.29 is 23.1 Å². The fourth-order valence-corrected chi connectivity index (χ4v) is 5.08. The van der Waals surface area contributed by atoms with E-state index < -0.39 is 28.5 Å². The molecule has 4 rings (SSSR count). The lowest BCUT2D eigenvalue weighted by Crippen LogP contribution is -2.52. The molecule has 2 aromatic rings. The Morgan fingerprint density at radius 1 is 1.20 bits per heavy atom. The second-order valence-corrected chi connectivity index (χ2v) is 8.51. The van der Waals surface area contributed by atoms with Gasteiger partial charge >= 0.3 is 0 Å². The first kappa shape index (κ1) is 21.0. The van der Waals surface area contributed by atoms with Crippen LogP contribution in [0.15, 0.2) is 53.5 Å². The Morgan fingerprint density at radius 2 is 1.97 bits per heavy atom. The van der Waals surface area contributed by atoms with Crippen molar-refractivity contribution in [2.24, 2.45) is 10.9 Å². The molecule has 2 aromatic carbocycles. The number of rotatable bonds is 3. The number of halogens is 3. The van der Waals surface area contributed by atoms with Crippen LogP contribution in [-0.2, 0) is 15.1 Å². The van der Waals surface area contributed by atoms with E-state index in [9.17, 15) is 18.4 Å². The van der Waals surface area contributed by atoms with Crippen molar-refractivity contribution in [1.29, 1.82) is 0 Å². The zero-order valence-corrected chi connectivity index (χ0v) is 17.2. The van der Waals surface area contributed by atoms with Crippen LogP contribution >= 0.6 is 23.4 Å². The predicted octanol–water partition coefficient (Wildman–Crippen LogP) is 3.86. The highest BCUT2D eigenvalue weighted by Gasteiger charge is 2.50. The number of thioether (sulfide) groups is 1. The monoisotopic (exact) mass is 450 g/mol. The summed E-state index contributed by atoms with van der Waals surface area (Å²) in [6.45, 7) is -0.116. The minimum Gasteiger partial charge on any atom is -0.366 e. The van der Waals surface area contributed by atoms with Gasteiger partial charge in [-0.25, -0.2) is 13.8 Å². The second kappa shape index (κ2) is 8.45. The zero-order chi connectivity index (χ0) is 21.3. The Kier molecular flexibility index (Phi) is 5.90. The molecule has 2 aliphatic rings. The Balaban J connectivity index is 1.71. The zero-order valence-electron chi connectivity index (χ0n) is 15.6. The van der Waals surface area contributed by atoms with Gasteiger partial charge in [-0.1, -0.05) is 36.0 Å². The van der Waals surface area contributed by atoms with Gasteiger partial charge in [0.05, 0.1) is 6.61 Å². The summed E-state index contributed by atoms with van der Waals surface area (Å²) in [4.78, 5) is 28.8. The molecule has 0 spiro atoms. The molecule has 2 aliphatic heterocycles. The Labute approximate surface area is 180 Å². The number of fused-ring (bicyclic) bond motifs is 1. The molecule has 1 fully saturated rings. The fourth-order valence-electron chi connectivity index (χ4n) is 3.77. The number of nitrogens with zero attached hydrogens (tertiary/aromatic N) is 1. The highest BCUT2D eigenvalue weighted by molar-refractivity contribution is 8.13. The van der Waals surface area contributed by atoms with E-state index in [1.165, 1.54) is 17.8 Å². The normalized spacial score (nSPS) is 25.8. The van der Waals surface area contributed by atoms with Crippen LogP contribution in [0.1, 0.15) is 22.3 Å². The lowest BCUT2D eigenvalue weighted by Gasteiger charge is -2.45. The summed E-state index contributed by atoms with van der Waals surface area (Å²) in [5.74, 6) is -1.65. The van der Waals surface area contributed by atoms with Crippen LogP contribution in [0.4, 0.5) is 8.78 Å². The van der Waals surface area contributed by atoms with E-state index in [1.807, 2.05) is 0 Å². The molecule has 0 aliphatic carbocycles. The van der Waals surface area contributed by atoms with E-state index in [0.29, 0.717) is 16.5 Å². The molecule has 0 aromatic heterocycles. The minimum atomic E-state index is -1.20. The van der Waals surface area contributed by atoms with Gasteiger partial charge in [0, 0.05) is 28.9 Å². The molecule has 5 nitrogen and oxygen atoms in total. The van der Waals surface area contributed by atoms with E-state index in [1.54, 1.807) is 30.3 Å². The number of aliphatic imine (C=N–C) groups is 1. The maximum Gasteiger partial charge on any atom is 0.257 e. The quantitative estimate of drug-likeness (QED) is 0.721. The number of ether oxygens (including phenoxy) is 1. The number of carbonyl (C=O) groups is 2. The molecule has 0 radical (unpaired) electrons. The van der Waals surface area contributed by atoms with Gasteiger partial charge < -0.3 is 10.1 Å². The smallest absolute Gasteiger partial charge is 0.257 e. The van der Waals surface area contributed by atoms with Crippen LogP contribution in [-0.4, -0.2) is 34.8 Å². The molecule has 1 amide bonds. The molecule has 0 bridgehead atoms. The number of benzene rings is 2. The van der Waals surface area contributed by atoms with Crippen LogP contribution in [0.5, 0.6) is 0 Å². The van der Waals surface area contributed by atoms with Crippen LogP contribution in [0, 0.1) is 17.6 Å². The summed E-state index contributed by atoms with van der Waals surface area (Å²) in [5.41, 5.74) is -0.593. The standard InChI is InChI=1S/C21H17ClF2N2O3S/c22-18(27)17-8-13-10-30-20(25-19(28)12-4-2-1-3-5-12)26-21(13,11-29-17)15-7-6-14(23)9-16(15)24/h1-7,9,13,17H,8,10-11H2,(H,25,26,28). The largest absolute Gasteiger partial charge is 0.366 e. The van der Waals surface area contributed by atoms with Gasteiger partial charge in [0.25, 0.3) is 11.1 Å². The van der Waals surface area contributed by atoms with E-state index in [2.05, 4.69) is 10.3 Å². The fraction of sp³-hybridized carbons (Fsp3) is 0.286. The van der Waals surface area contributed by atoms with Crippen LogP contribution in [0.2, 0.25) is 0 Å². The third-order valence-electron chi connectivity index (χ3n) is 5.31. The highest BCUT2D eigenvalue weighted by Crippen LogP contribution is 2.47. The average molecular weight is 451 g/mol. The Morgan fingerprint density at radius 3 is 2.67 bits per heavy atom. The molecule has 0 saturated carbocycles. The topological polar surface area (TPSA) is 67.8 Å². The summed E-state index contributed by atoms with van der Waals surface area (Å²) in [5, 5.41) is 2.44. The number of carbonyl (C=O) groups excluding carboxylic acids is 2. The number of amides is 1. The second-order valence-electron chi connectivity index (χ2n) is 7.13. The number of hydrogen-bond donors (Lipinski definition) is 1. The molecule has 156 valence electrons. The Hall–Kier alpha value is -2.29. The average Bonchev–Trinajstić information content (AvgIpc) is 2.73. The molecule has 30 heavy (non-hydrogen) atoms. The predicted molar refractivity (Wildman–Crippen MR) is 111 cm³/mol. The maximum absolute atomic E-state index is 14.8. The van der Waals surface area contributed by atoms with Crippen LogP contribution in [0.3, 0.4) is 0 Å². The molecule has 3 unspecified atom stereocenters. The van der Waals surface area contributed by atoms with Gasteiger partial charge in [-0.3, -0.25) is 9.59 Å². The van der Waals surface area contributed by atoms with Crippen molar-refractivity contribution in [2.75, 3.05) is 12.4 Å². The van der Waals surface area contributed by atoms with Crippen molar-refractivity contribution in [1.82, 2.24) is 5.32 Å². The van der Waals surface area contributed by atoms with Gasteiger partial charge in [-0.2, -0.15) is 0 Å². The number of amidine groups is 1. The van der Waals surface area contributed by atoms with Gasteiger partial charge in [0.1, 0.15) is 23.3 Å².